The molecule has 7 heteroatoms. The van der Waals surface area contributed by atoms with E-state index in [1.807, 2.05) is 25.7 Å². The first-order valence-corrected chi connectivity index (χ1v) is 8.06. The van der Waals surface area contributed by atoms with Crippen LogP contribution in [0.5, 0.6) is 0 Å². The average Bonchev–Trinajstić information content (AvgIpc) is 2.81. The molecule has 128 valence electrons. The number of nitrogens with one attached hydrogen (secondary N) is 1. The molecule has 1 fully saturated rings. The topological polar surface area (TPSA) is 95.7 Å². The fourth-order valence-corrected chi connectivity index (χ4v) is 2.99. The van der Waals surface area contributed by atoms with Crippen molar-refractivity contribution in [2.45, 2.75) is 58.5 Å². The summed E-state index contributed by atoms with van der Waals surface area (Å²) in [7, 11) is 0. The van der Waals surface area contributed by atoms with Gasteiger partial charge in [0.1, 0.15) is 5.56 Å². The molecule has 7 nitrogen and oxygen atoms in total. The molecule has 0 radical (unpaired) electrons. The lowest BCUT2D eigenvalue weighted by molar-refractivity contribution is -0.139. The zero-order valence-electron chi connectivity index (χ0n) is 14.1. The Kier molecular flexibility index (Phi) is 5.41. The van der Waals surface area contributed by atoms with Crippen LogP contribution in [0, 0.1) is 6.92 Å². The Morgan fingerprint density at radius 3 is 2.61 bits per heavy atom. The Balaban J connectivity index is 1.92. The fourth-order valence-electron chi connectivity index (χ4n) is 2.99. The van der Waals surface area contributed by atoms with E-state index < -0.39 is 5.97 Å². The first-order chi connectivity index (χ1) is 10.8. The Labute approximate surface area is 136 Å². The zero-order chi connectivity index (χ0) is 17.1. The van der Waals surface area contributed by atoms with Crippen molar-refractivity contribution in [3.8, 4) is 0 Å². The molecule has 0 unspecified atom stereocenters. The predicted molar refractivity (Wildman–Crippen MR) is 84.5 cm³/mol. The van der Waals surface area contributed by atoms with E-state index in [4.69, 9.17) is 9.63 Å². The van der Waals surface area contributed by atoms with Crippen LogP contribution in [-0.4, -0.2) is 52.2 Å². The van der Waals surface area contributed by atoms with Gasteiger partial charge in [-0.25, -0.2) is 0 Å². The summed E-state index contributed by atoms with van der Waals surface area (Å²) in [4.78, 5) is 25.2. The predicted octanol–water partition coefficient (Wildman–Crippen LogP) is 1.77. The summed E-state index contributed by atoms with van der Waals surface area (Å²) >= 11 is 0. The summed E-state index contributed by atoms with van der Waals surface area (Å²) in [6.45, 7) is 8.37. The zero-order valence-corrected chi connectivity index (χ0v) is 14.1. The Morgan fingerprint density at radius 2 is 2.09 bits per heavy atom. The molecule has 23 heavy (non-hydrogen) atoms. The smallest absolute Gasteiger partial charge is 0.317 e. The van der Waals surface area contributed by atoms with E-state index in [1.54, 1.807) is 6.92 Å². The number of likely N-dealkylation sites (N-methyl/N-ethyl adjacent to an activating group) is 1. The Morgan fingerprint density at radius 1 is 1.43 bits per heavy atom. The largest absolute Gasteiger partial charge is 0.480 e. The first-order valence-electron chi connectivity index (χ1n) is 8.06. The standard InChI is InChI=1S/C16H25N3O4/c1-5-19(8-13(20)21)12-6-11(7-12)17-16(22)14-10(4)18-23-15(14)9(2)3/h9,11-12H,5-8H2,1-4H3,(H,17,22)(H,20,21). The normalized spacial score (nSPS) is 20.6. The second kappa shape index (κ2) is 7.12. The molecule has 1 aromatic rings. The van der Waals surface area contributed by atoms with E-state index in [2.05, 4.69) is 10.5 Å². The van der Waals surface area contributed by atoms with Gasteiger partial charge in [-0.2, -0.15) is 0 Å². The number of carboxylic acid groups (broad SMARTS) is 1. The minimum atomic E-state index is -0.819. The fraction of sp³-hybridized carbons (Fsp3) is 0.688. The molecule has 0 spiro atoms. The van der Waals surface area contributed by atoms with Gasteiger partial charge in [0.15, 0.2) is 5.76 Å². The molecule has 0 aromatic carbocycles. The summed E-state index contributed by atoms with van der Waals surface area (Å²) in [5, 5.41) is 15.8. The van der Waals surface area contributed by atoms with Crippen LogP contribution in [-0.2, 0) is 4.79 Å². The lowest BCUT2D eigenvalue weighted by Crippen LogP contribution is -2.54. The van der Waals surface area contributed by atoms with Crippen molar-refractivity contribution in [3.63, 3.8) is 0 Å². The van der Waals surface area contributed by atoms with Gasteiger partial charge in [-0.05, 0) is 26.3 Å². The van der Waals surface area contributed by atoms with Crippen LogP contribution in [0.2, 0.25) is 0 Å². The van der Waals surface area contributed by atoms with E-state index in [-0.39, 0.29) is 30.5 Å². The SMILES string of the molecule is CCN(CC(=O)O)C1CC(NC(=O)c2c(C)noc2C(C)C)C1. The van der Waals surface area contributed by atoms with Gasteiger partial charge in [0.2, 0.25) is 0 Å². The van der Waals surface area contributed by atoms with E-state index >= 15 is 0 Å². The quantitative estimate of drug-likeness (QED) is 0.794. The number of aliphatic carboxylic acids is 1. The maximum Gasteiger partial charge on any atom is 0.317 e. The highest BCUT2D eigenvalue weighted by Crippen LogP contribution is 2.27. The van der Waals surface area contributed by atoms with Crippen molar-refractivity contribution in [1.29, 1.82) is 0 Å². The van der Waals surface area contributed by atoms with Crippen molar-refractivity contribution in [2.24, 2.45) is 0 Å². The van der Waals surface area contributed by atoms with Gasteiger partial charge in [-0.3, -0.25) is 14.5 Å². The molecule has 1 aliphatic rings. The number of hydrogen-bond acceptors (Lipinski definition) is 5. The molecule has 2 N–H and O–H groups in total. The number of hydrogen-bond donors (Lipinski definition) is 2. The van der Waals surface area contributed by atoms with Gasteiger partial charge < -0.3 is 14.9 Å². The van der Waals surface area contributed by atoms with Crippen LogP contribution in [0.4, 0.5) is 0 Å². The Hall–Kier alpha value is -1.89. The van der Waals surface area contributed by atoms with Crippen molar-refractivity contribution in [1.82, 2.24) is 15.4 Å². The molecule has 1 amide bonds. The maximum absolute atomic E-state index is 12.5. The maximum atomic E-state index is 12.5. The molecule has 0 atom stereocenters. The number of amides is 1. The van der Waals surface area contributed by atoms with Crippen molar-refractivity contribution < 1.29 is 19.2 Å². The van der Waals surface area contributed by atoms with E-state index in [0.717, 1.165) is 12.8 Å². The number of aromatic nitrogens is 1. The van der Waals surface area contributed by atoms with Crippen molar-refractivity contribution in [2.75, 3.05) is 13.1 Å². The monoisotopic (exact) mass is 323 g/mol. The third kappa shape index (κ3) is 3.90. The summed E-state index contributed by atoms with van der Waals surface area (Å²) in [6, 6.07) is 0.291. The minimum absolute atomic E-state index is 0.0457. The minimum Gasteiger partial charge on any atom is -0.480 e. The molecule has 1 aromatic heterocycles. The Bertz CT molecular complexity index is 576. The molecule has 1 aliphatic carbocycles. The number of aryl methyl sites for hydroxylation is 1. The van der Waals surface area contributed by atoms with Gasteiger partial charge in [0.25, 0.3) is 5.91 Å². The van der Waals surface area contributed by atoms with Crippen LogP contribution >= 0.6 is 0 Å². The van der Waals surface area contributed by atoms with Gasteiger partial charge in [-0.1, -0.05) is 25.9 Å². The molecule has 0 saturated heterocycles. The van der Waals surface area contributed by atoms with Crippen LogP contribution in [0.25, 0.3) is 0 Å². The van der Waals surface area contributed by atoms with Crippen LogP contribution in [0.3, 0.4) is 0 Å². The van der Waals surface area contributed by atoms with Gasteiger partial charge in [0.05, 0.1) is 12.2 Å². The molecular formula is C16H25N3O4. The highest BCUT2D eigenvalue weighted by atomic mass is 16.5. The number of rotatable bonds is 7. The summed E-state index contributed by atoms with van der Waals surface area (Å²) in [5.74, 6) is -0.271. The summed E-state index contributed by atoms with van der Waals surface area (Å²) < 4.78 is 5.25. The van der Waals surface area contributed by atoms with Gasteiger partial charge in [0, 0.05) is 18.0 Å². The number of nitrogens with zero attached hydrogens (tertiary/aromatic N) is 2. The number of carboxylic acids is 1. The molecule has 1 saturated carbocycles. The van der Waals surface area contributed by atoms with Crippen molar-refractivity contribution >= 4 is 11.9 Å². The first kappa shape index (κ1) is 17.5. The van der Waals surface area contributed by atoms with Crippen molar-refractivity contribution in [3.05, 3.63) is 17.0 Å². The third-order valence-electron chi connectivity index (χ3n) is 4.35. The lowest BCUT2D eigenvalue weighted by Gasteiger charge is -2.42. The molecule has 1 heterocycles. The number of carbonyl (C=O) groups is 2. The summed E-state index contributed by atoms with van der Waals surface area (Å²) in [5.41, 5.74) is 1.13. The van der Waals surface area contributed by atoms with E-state index in [9.17, 15) is 9.59 Å². The summed E-state index contributed by atoms with van der Waals surface area (Å²) in [6.07, 6.45) is 1.54. The van der Waals surface area contributed by atoms with Crippen LogP contribution in [0.15, 0.2) is 4.52 Å². The average molecular weight is 323 g/mol. The molecular weight excluding hydrogens is 298 g/mol. The second-order valence-electron chi connectivity index (χ2n) is 6.41. The molecule has 0 aliphatic heterocycles. The lowest BCUT2D eigenvalue weighted by atomic mass is 9.85. The third-order valence-corrected chi connectivity index (χ3v) is 4.35. The second-order valence-corrected chi connectivity index (χ2v) is 6.41. The number of carbonyl (C=O) groups excluding carboxylic acids is 1. The molecule has 2 rings (SSSR count). The highest BCUT2D eigenvalue weighted by molar-refractivity contribution is 5.96. The van der Waals surface area contributed by atoms with E-state index in [0.29, 0.717) is 23.6 Å². The van der Waals surface area contributed by atoms with E-state index in [1.165, 1.54) is 0 Å². The van der Waals surface area contributed by atoms with Crippen LogP contribution < -0.4 is 5.32 Å². The molecule has 0 bridgehead atoms. The van der Waals surface area contributed by atoms with Crippen LogP contribution in [0.1, 0.15) is 61.3 Å². The van der Waals surface area contributed by atoms with Gasteiger partial charge in [-0.15, -0.1) is 0 Å². The highest BCUT2D eigenvalue weighted by Gasteiger charge is 2.35. The van der Waals surface area contributed by atoms with Gasteiger partial charge >= 0.3 is 5.97 Å².